The Hall–Kier alpha value is 0.240. The fourth-order valence-corrected chi connectivity index (χ4v) is 3.07. The van der Waals surface area contributed by atoms with Gasteiger partial charge < -0.3 is 28.8 Å². The van der Waals surface area contributed by atoms with E-state index in [2.05, 4.69) is 15.9 Å². The average Bonchev–Trinajstić information content (AvgIpc) is 2.44. The second kappa shape index (κ2) is 9.39. The Morgan fingerprint density at radius 3 is 2.05 bits per heavy atom. The van der Waals surface area contributed by atoms with Gasteiger partial charge in [-0.25, -0.2) is 0 Å². The normalized spacial score (nSPS) is 36.9. The lowest BCUT2D eigenvalue weighted by Gasteiger charge is -2.47. The lowest BCUT2D eigenvalue weighted by atomic mass is 9.98. The molecular weight excluding hydrogens is 344 g/mol. The number of alkyl halides is 1. The summed E-state index contributed by atoms with van der Waals surface area (Å²) in [5.41, 5.74) is 0. The molecule has 0 amide bonds. The van der Waals surface area contributed by atoms with Crippen molar-refractivity contribution in [2.45, 2.75) is 56.8 Å². The van der Waals surface area contributed by atoms with Gasteiger partial charge in [-0.1, -0.05) is 0 Å². The Bertz CT molecular complexity index is 289. The molecular formula is C14H27BrO6. The Morgan fingerprint density at radius 2 is 1.52 bits per heavy atom. The van der Waals surface area contributed by atoms with E-state index in [1.165, 1.54) is 0 Å². The summed E-state index contributed by atoms with van der Waals surface area (Å²) < 4.78 is 26.7. The van der Waals surface area contributed by atoms with E-state index in [1.807, 2.05) is 27.7 Å². The summed E-state index contributed by atoms with van der Waals surface area (Å²) in [7, 11) is 0. The molecule has 1 heterocycles. The van der Waals surface area contributed by atoms with Gasteiger partial charge in [0.25, 0.3) is 4.70 Å². The predicted octanol–water partition coefficient (Wildman–Crippen LogP) is 1.68. The first-order chi connectivity index (χ1) is 10.0. The van der Waals surface area contributed by atoms with Crippen LogP contribution in [0, 0.1) is 0 Å². The van der Waals surface area contributed by atoms with E-state index in [9.17, 15) is 5.11 Å². The molecule has 0 bridgehead atoms. The first-order valence-electron chi connectivity index (χ1n) is 7.53. The summed E-state index contributed by atoms with van der Waals surface area (Å²) in [6.07, 6.45) is -1.94. The highest BCUT2D eigenvalue weighted by Gasteiger charge is 2.54. The molecule has 1 saturated heterocycles. The van der Waals surface area contributed by atoms with Gasteiger partial charge in [0.2, 0.25) is 0 Å². The van der Waals surface area contributed by atoms with Crippen LogP contribution in [0.3, 0.4) is 0 Å². The fraction of sp³-hybridized carbons (Fsp3) is 1.00. The molecule has 21 heavy (non-hydrogen) atoms. The van der Waals surface area contributed by atoms with Crippen molar-refractivity contribution in [1.82, 2.24) is 0 Å². The average molecular weight is 371 g/mol. The van der Waals surface area contributed by atoms with Gasteiger partial charge in [0.1, 0.15) is 18.3 Å². The minimum absolute atomic E-state index is 0.317. The quantitative estimate of drug-likeness (QED) is 0.622. The van der Waals surface area contributed by atoms with Crippen LogP contribution in [0.1, 0.15) is 27.7 Å². The molecule has 0 aromatic carbocycles. The molecule has 5 atom stereocenters. The van der Waals surface area contributed by atoms with Crippen LogP contribution in [0.15, 0.2) is 0 Å². The molecule has 0 unspecified atom stereocenters. The number of aliphatic hydroxyl groups is 1. The minimum atomic E-state index is -1.63. The highest BCUT2D eigenvalue weighted by Crippen LogP contribution is 2.37. The van der Waals surface area contributed by atoms with Gasteiger partial charge >= 0.3 is 0 Å². The van der Waals surface area contributed by atoms with E-state index < -0.39 is 23.0 Å². The molecule has 0 saturated carbocycles. The molecule has 1 fully saturated rings. The molecule has 0 radical (unpaired) electrons. The van der Waals surface area contributed by atoms with Crippen molar-refractivity contribution in [3.8, 4) is 0 Å². The van der Waals surface area contributed by atoms with Crippen LogP contribution in [0.25, 0.3) is 0 Å². The lowest BCUT2D eigenvalue weighted by Crippen LogP contribution is -2.65. The van der Waals surface area contributed by atoms with Crippen molar-refractivity contribution in [2.24, 2.45) is 0 Å². The smallest absolute Gasteiger partial charge is 0.254 e. The minimum Gasteiger partial charge on any atom is -0.379 e. The second-order valence-corrected chi connectivity index (χ2v) is 5.78. The second-order valence-electron chi connectivity index (χ2n) is 4.64. The molecule has 1 aliphatic heterocycles. The SMILES string of the molecule is CCOC[C@H]1O[C@](O)(Br)[C@H](OCC)[C@@H](OCC)[C@@H]1OCC. The van der Waals surface area contributed by atoms with Gasteiger partial charge in [-0.15, -0.1) is 0 Å². The van der Waals surface area contributed by atoms with E-state index in [0.29, 0.717) is 33.0 Å². The third-order valence-corrected chi connectivity index (χ3v) is 3.85. The van der Waals surface area contributed by atoms with Gasteiger partial charge in [-0.3, -0.25) is 0 Å². The Morgan fingerprint density at radius 1 is 0.952 bits per heavy atom. The standard InChI is InChI=1S/C14H27BrO6/c1-5-17-9-10-11(18-6-2)12(19-7-3)13(20-8-4)14(15,16)21-10/h10-13,16H,5-9H2,1-4H3/t10-,11-,12+,13-,14+/m1/s1. The van der Waals surface area contributed by atoms with Gasteiger partial charge in [0.05, 0.1) is 6.61 Å². The van der Waals surface area contributed by atoms with Crippen molar-refractivity contribution in [2.75, 3.05) is 33.0 Å². The van der Waals surface area contributed by atoms with Gasteiger partial charge in [-0.05, 0) is 43.6 Å². The van der Waals surface area contributed by atoms with E-state index in [-0.39, 0.29) is 6.10 Å². The summed E-state index contributed by atoms with van der Waals surface area (Å²) >= 11 is 3.20. The summed E-state index contributed by atoms with van der Waals surface area (Å²) in [6.45, 7) is 9.88. The molecule has 0 aliphatic carbocycles. The Kier molecular flexibility index (Phi) is 8.63. The Labute approximate surface area is 135 Å². The zero-order valence-electron chi connectivity index (χ0n) is 13.2. The van der Waals surface area contributed by atoms with Crippen LogP contribution in [-0.4, -0.2) is 67.3 Å². The van der Waals surface area contributed by atoms with Crippen LogP contribution in [0.4, 0.5) is 0 Å². The monoisotopic (exact) mass is 370 g/mol. The molecule has 7 heteroatoms. The first kappa shape index (κ1) is 19.3. The molecule has 6 nitrogen and oxygen atoms in total. The van der Waals surface area contributed by atoms with Crippen LogP contribution >= 0.6 is 15.9 Å². The van der Waals surface area contributed by atoms with Gasteiger partial charge in [0, 0.05) is 26.4 Å². The van der Waals surface area contributed by atoms with E-state index in [0.717, 1.165) is 0 Å². The summed E-state index contributed by atoms with van der Waals surface area (Å²) in [6, 6.07) is 0. The third-order valence-electron chi connectivity index (χ3n) is 3.21. The topological polar surface area (TPSA) is 66.4 Å². The largest absolute Gasteiger partial charge is 0.379 e. The molecule has 0 aromatic heterocycles. The maximum atomic E-state index is 10.5. The van der Waals surface area contributed by atoms with E-state index in [1.54, 1.807) is 0 Å². The molecule has 126 valence electrons. The van der Waals surface area contributed by atoms with Crippen molar-refractivity contribution >= 4 is 15.9 Å². The fourth-order valence-electron chi connectivity index (χ4n) is 2.44. The Balaban J connectivity index is 2.97. The number of ether oxygens (including phenoxy) is 5. The molecule has 0 aromatic rings. The molecule has 1 N–H and O–H groups in total. The van der Waals surface area contributed by atoms with E-state index >= 15 is 0 Å². The number of hydrogen-bond donors (Lipinski definition) is 1. The van der Waals surface area contributed by atoms with Gasteiger partial charge in [0.15, 0.2) is 6.10 Å². The zero-order valence-corrected chi connectivity index (χ0v) is 14.8. The van der Waals surface area contributed by atoms with Crippen LogP contribution in [0.5, 0.6) is 0 Å². The lowest BCUT2D eigenvalue weighted by molar-refractivity contribution is -0.323. The highest BCUT2D eigenvalue weighted by molar-refractivity contribution is 9.10. The van der Waals surface area contributed by atoms with E-state index in [4.69, 9.17) is 23.7 Å². The number of rotatable bonds is 9. The first-order valence-corrected chi connectivity index (χ1v) is 8.32. The van der Waals surface area contributed by atoms with Gasteiger partial charge in [-0.2, -0.15) is 0 Å². The van der Waals surface area contributed by atoms with Crippen LogP contribution in [-0.2, 0) is 23.7 Å². The van der Waals surface area contributed by atoms with Crippen molar-refractivity contribution < 1.29 is 28.8 Å². The van der Waals surface area contributed by atoms with Crippen molar-refractivity contribution in [3.63, 3.8) is 0 Å². The summed E-state index contributed by atoms with van der Waals surface area (Å²) in [5.74, 6) is 0. The molecule has 0 spiro atoms. The van der Waals surface area contributed by atoms with Crippen molar-refractivity contribution in [3.05, 3.63) is 0 Å². The number of halogens is 1. The number of hydrogen-bond acceptors (Lipinski definition) is 6. The van der Waals surface area contributed by atoms with Crippen LogP contribution in [0.2, 0.25) is 0 Å². The highest BCUT2D eigenvalue weighted by atomic mass is 79.9. The zero-order chi connectivity index (χ0) is 15.9. The summed E-state index contributed by atoms with van der Waals surface area (Å²) in [5, 5.41) is 10.5. The maximum absolute atomic E-state index is 10.5. The van der Waals surface area contributed by atoms with Crippen LogP contribution < -0.4 is 0 Å². The third kappa shape index (κ3) is 5.13. The maximum Gasteiger partial charge on any atom is 0.254 e. The molecule has 1 aliphatic rings. The predicted molar refractivity (Wildman–Crippen MR) is 81.5 cm³/mol. The molecule has 1 rings (SSSR count). The van der Waals surface area contributed by atoms with Crippen molar-refractivity contribution in [1.29, 1.82) is 0 Å². The summed E-state index contributed by atoms with van der Waals surface area (Å²) in [4.78, 5) is 0.